The molecule has 0 saturated carbocycles. The van der Waals surface area contributed by atoms with Crippen LogP contribution in [-0.4, -0.2) is 11.9 Å². The molecule has 0 aliphatic carbocycles. The number of nitrogens with one attached hydrogen (secondary N) is 1. The van der Waals surface area contributed by atoms with E-state index >= 15 is 0 Å². The average molecular weight is 321 g/mol. The van der Waals surface area contributed by atoms with Crippen molar-refractivity contribution in [3.63, 3.8) is 0 Å². The molecule has 0 bridgehead atoms. The number of amides is 1. The van der Waals surface area contributed by atoms with E-state index in [1.807, 2.05) is 13.8 Å². The van der Waals surface area contributed by atoms with Gasteiger partial charge in [-0.15, -0.1) is 12.4 Å². The van der Waals surface area contributed by atoms with Crippen molar-refractivity contribution in [2.24, 2.45) is 5.73 Å². The minimum Gasteiger partial charge on any atom is -0.349 e. The van der Waals surface area contributed by atoms with Gasteiger partial charge in [-0.25, -0.2) is 8.78 Å². The van der Waals surface area contributed by atoms with E-state index < -0.39 is 17.7 Å². The van der Waals surface area contributed by atoms with E-state index in [9.17, 15) is 13.6 Å². The van der Waals surface area contributed by atoms with Gasteiger partial charge in [-0.3, -0.25) is 4.79 Å². The quantitative estimate of drug-likeness (QED) is 0.808. The maximum absolute atomic E-state index is 13.8. The lowest BCUT2D eigenvalue weighted by Gasteiger charge is -2.19. The standard InChI is InChI=1S/C15H22F2N2O.ClH/c1-3-4-14(19-15(20)8-5-10(2)18)12-7-6-11(16)9-13(12)17;/h6-7,9-10,14H,3-5,8,18H2,1-2H3,(H,19,20);1H. The van der Waals surface area contributed by atoms with Crippen LogP contribution in [0.5, 0.6) is 0 Å². The fourth-order valence-electron chi connectivity index (χ4n) is 2.00. The molecule has 1 rings (SSSR count). The first-order valence-corrected chi connectivity index (χ1v) is 6.94. The van der Waals surface area contributed by atoms with Crippen LogP contribution in [-0.2, 0) is 4.79 Å². The van der Waals surface area contributed by atoms with Crippen molar-refractivity contribution in [3.8, 4) is 0 Å². The number of hydrogen-bond donors (Lipinski definition) is 2. The van der Waals surface area contributed by atoms with Crippen LogP contribution in [0.2, 0.25) is 0 Å². The molecule has 0 fully saturated rings. The molecule has 3 N–H and O–H groups in total. The number of nitrogens with two attached hydrogens (primary N) is 1. The number of carbonyl (C=O) groups is 1. The fourth-order valence-corrected chi connectivity index (χ4v) is 2.00. The third-order valence-corrected chi connectivity index (χ3v) is 3.08. The van der Waals surface area contributed by atoms with Gasteiger partial charge in [-0.05, 0) is 25.8 Å². The molecule has 0 heterocycles. The number of carbonyl (C=O) groups excluding carboxylic acids is 1. The Bertz CT molecular complexity index is 455. The number of benzene rings is 1. The molecule has 120 valence electrons. The first kappa shape index (κ1) is 19.8. The van der Waals surface area contributed by atoms with Gasteiger partial charge in [0.1, 0.15) is 11.6 Å². The van der Waals surface area contributed by atoms with Crippen LogP contribution in [0, 0.1) is 11.6 Å². The highest BCUT2D eigenvalue weighted by Gasteiger charge is 2.18. The molecule has 3 nitrogen and oxygen atoms in total. The van der Waals surface area contributed by atoms with Gasteiger partial charge in [0.05, 0.1) is 6.04 Å². The van der Waals surface area contributed by atoms with Crippen molar-refractivity contribution >= 4 is 18.3 Å². The van der Waals surface area contributed by atoms with E-state index in [-0.39, 0.29) is 24.4 Å². The molecule has 0 radical (unpaired) electrons. The van der Waals surface area contributed by atoms with Gasteiger partial charge in [-0.2, -0.15) is 0 Å². The van der Waals surface area contributed by atoms with Gasteiger partial charge < -0.3 is 11.1 Å². The molecule has 21 heavy (non-hydrogen) atoms. The second-order valence-electron chi connectivity index (χ2n) is 5.09. The summed E-state index contributed by atoms with van der Waals surface area (Å²) in [5.41, 5.74) is 5.92. The molecule has 6 heteroatoms. The summed E-state index contributed by atoms with van der Waals surface area (Å²) >= 11 is 0. The van der Waals surface area contributed by atoms with Gasteiger partial charge in [0.2, 0.25) is 5.91 Å². The summed E-state index contributed by atoms with van der Waals surface area (Å²) in [6, 6.07) is 2.95. The molecule has 0 saturated heterocycles. The smallest absolute Gasteiger partial charge is 0.220 e. The van der Waals surface area contributed by atoms with Gasteiger partial charge in [0, 0.05) is 24.1 Å². The van der Waals surface area contributed by atoms with E-state index in [1.165, 1.54) is 12.1 Å². The van der Waals surface area contributed by atoms with E-state index in [2.05, 4.69) is 5.32 Å². The molecule has 1 aromatic carbocycles. The molecule has 2 atom stereocenters. The topological polar surface area (TPSA) is 55.1 Å². The zero-order valence-electron chi connectivity index (χ0n) is 12.4. The zero-order chi connectivity index (χ0) is 15.1. The van der Waals surface area contributed by atoms with Gasteiger partial charge in [-0.1, -0.05) is 19.4 Å². The Morgan fingerprint density at radius 1 is 1.33 bits per heavy atom. The molecule has 1 aromatic rings. The van der Waals surface area contributed by atoms with Crippen LogP contribution in [0.4, 0.5) is 8.78 Å². The first-order chi connectivity index (χ1) is 9.43. The predicted octanol–water partition coefficient (Wildman–Crippen LogP) is 3.47. The van der Waals surface area contributed by atoms with Crippen LogP contribution < -0.4 is 11.1 Å². The Balaban J connectivity index is 0.00000400. The highest BCUT2D eigenvalue weighted by molar-refractivity contribution is 5.85. The summed E-state index contributed by atoms with van der Waals surface area (Å²) in [7, 11) is 0. The third kappa shape index (κ3) is 6.87. The normalized spacial score (nSPS) is 13.2. The second kappa shape index (κ2) is 9.68. The van der Waals surface area contributed by atoms with Gasteiger partial charge in [0.25, 0.3) is 0 Å². The van der Waals surface area contributed by atoms with E-state index in [0.717, 1.165) is 12.5 Å². The Hall–Kier alpha value is -1.20. The van der Waals surface area contributed by atoms with Crippen molar-refractivity contribution < 1.29 is 13.6 Å². The van der Waals surface area contributed by atoms with Gasteiger partial charge >= 0.3 is 0 Å². The maximum Gasteiger partial charge on any atom is 0.220 e. The summed E-state index contributed by atoms with van der Waals surface area (Å²) < 4.78 is 26.7. The predicted molar refractivity (Wildman–Crippen MR) is 82.3 cm³/mol. The second-order valence-corrected chi connectivity index (χ2v) is 5.09. The van der Waals surface area contributed by atoms with Crippen LogP contribution in [0.25, 0.3) is 0 Å². The minimum absolute atomic E-state index is 0. The van der Waals surface area contributed by atoms with E-state index in [0.29, 0.717) is 24.8 Å². The number of halogens is 3. The van der Waals surface area contributed by atoms with Crippen LogP contribution in [0.1, 0.15) is 51.1 Å². The Morgan fingerprint density at radius 3 is 2.52 bits per heavy atom. The fraction of sp³-hybridized carbons (Fsp3) is 0.533. The van der Waals surface area contributed by atoms with Gasteiger partial charge in [0.15, 0.2) is 0 Å². The highest BCUT2D eigenvalue weighted by Crippen LogP contribution is 2.22. The molecular weight excluding hydrogens is 298 g/mol. The average Bonchev–Trinajstić information content (AvgIpc) is 2.36. The highest BCUT2D eigenvalue weighted by atomic mass is 35.5. The molecule has 0 aromatic heterocycles. The van der Waals surface area contributed by atoms with E-state index in [4.69, 9.17) is 5.73 Å². The third-order valence-electron chi connectivity index (χ3n) is 3.08. The van der Waals surface area contributed by atoms with Crippen LogP contribution in [0.15, 0.2) is 18.2 Å². The Labute approximate surface area is 130 Å². The molecule has 1 amide bonds. The molecule has 0 aliphatic rings. The number of rotatable bonds is 7. The van der Waals surface area contributed by atoms with Crippen molar-refractivity contribution in [3.05, 3.63) is 35.4 Å². The SMILES string of the molecule is CCCC(NC(=O)CCC(C)N)c1ccc(F)cc1F.Cl. The van der Waals surface area contributed by atoms with Crippen molar-refractivity contribution in [1.29, 1.82) is 0 Å². The summed E-state index contributed by atoms with van der Waals surface area (Å²) in [5, 5.41) is 2.79. The Kier molecular flexibility index (Phi) is 9.13. The molecule has 2 unspecified atom stereocenters. The summed E-state index contributed by atoms with van der Waals surface area (Å²) in [4.78, 5) is 11.8. The molecular formula is C15H23ClF2N2O. The van der Waals surface area contributed by atoms with Crippen molar-refractivity contribution in [2.75, 3.05) is 0 Å². The minimum atomic E-state index is -0.629. The lowest BCUT2D eigenvalue weighted by atomic mass is 10.0. The maximum atomic E-state index is 13.8. The molecule has 0 aliphatic heterocycles. The monoisotopic (exact) mass is 320 g/mol. The Morgan fingerprint density at radius 2 is 2.00 bits per heavy atom. The first-order valence-electron chi connectivity index (χ1n) is 6.94. The van der Waals surface area contributed by atoms with Crippen LogP contribution in [0.3, 0.4) is 0 Å². The number of hydrogen-bond acceptors (Lipinski definition) is 2. The van der Waals surface area contributed by atoms with E-state index in [1.54, 1.807) is 0 Å². The lowest BCUT2D eigenvalue weighted by Crippen LogP contribution is -2.30. The van der Waals surface area contributed by atoms with Crippen molar-refractivity contribution in [1.82, 2.24) is 5.32 Å². The summed E-state index contributed by atoms with van der Waals surface area (Å²) in [6.45, 7) is 3.78. The molecule has 0 spiro atoms. The van der Waals surface area contributed by atoms with Crippen molar-refractivity contribution in [2.45, 2.75) is 51.6 Å². The van der Waals surface area contributed by atoms with Crippen LogP contribution >= 0.6 is 12.4 Å². The summed E-state index contributed by atoms with van der Waals surface area (Å²) in [5.74, 6) is -1.41. The largest absolute Gasteiger partial charge is 0.349 e. The zero-order valence-corrected chi connectivity index (χ0v) is 13.2. The lowest BCUT2D eigenvalue weighted by molar-refractivity contribution is -0.122. The summed E-state index contributed by atoms with van der Waals surface area (Å²) in [6.07, 6.45) is 2.28.